The maximum absolute atomic E-state index is 12.4. The first-order chi connectivity index (χ1) is 9.56. The number of carbonyl (C=O) groups is 1. The molecule has 1 aliphatic heterocycles. The molecule has 0 unspecified atom stereocenters. The van der Waals surface area contributed by atoms with Gasteiger partial charge < -0.3 is 10.2 Å². The van der Waals surface area contributed by atoms with Crippen molar-refractivity contribution < 1.29 is 4.79 Å². The lowest BCUT2D eigenvalue weighted by Crippen LogP contribution is -2.50. The minimum absolute atomic E-state index is 0.122. The van der Waals surface area contributed by atoms with Crippen LogP contribution in [0.4, 0.5) is 0 Å². The SMILES string of the molecule is C[C@@H]1C[C@@H](C)CN(C(=O)[C@@H](C)NCCn2cccn2)C1. The molecule has 1 saturated heterocycles. The molecule has 112 valence electrons. The van der Waals surface area contributed by atoms with Gasteiger partial charge in [-0.2, -0.15) is 5.10 Å². The van der Waals surface area contributed by atoms with Crippen LogP contribution in [0.1, 0.15) is 27.2 Å². The monoisotopic (exact) mass is 278 g/mol. The van der Waals surface area contributed by atoms with Gasteiger partial charge in [-0.1, -0.05) is 13.8 Å². The van der Waals surface area contributed by atoms with Gasteiger partial charge in [0.25, 0.3) is 0 Å². The summed E-state index contributed by atoms with van der Waals surface area (Å²) in [5, 5.41) is 7.44. The molecular formula is C15H26N4O. The van der Waals surface area contributed by atoms with Crippen molar-refractivity contribution in [2.45, 2.75) is 39.8 Å². The van der Waals surface area contributed by atoms with E-state index in [1.54, 1.807) is 6.20 Å². The second kappa shape index (κ2) is 6.88. The van der Waals surface area contributed by atoms with Crippen molar-refractivity contribution in [3.05, 3.63) is 18.5 Å². The Morgan fingerprint density at radius 1 is 1.40 bits per heavy atom. The van der Waals surface area contributed by atoms with E-state index < -0.39 is 0 Å². The predicted molar refractivity (Wildman–Crippen MR) is 79.2 cm³/mol. The zero-order chi connectivity index (χ0) is 14.5. The van der Waals surface area contributed by atoms with E-state index in [0.717, 1.165) is 26.2 Å². The third kappa shape index (κ3) is 4.07. The maximum atomic E-state index is 12.4. The molecule has 1 aliphatic rings. The Bertz CT molecular complexity index is 408. The highest BCUT2D eigenvalue weighted by Gasteiger charge is 2.27. The number of hydrogen-bond acceptors (Lipinski definition) is 3. The van der Waals surface area contributed by atoms with Crippen LogP contribution in [0.2, 0.25) is 0 Å². The molecule has 0 spiro atoms. The van der Waals surface area contributed by atoms with Crippen LogP contribution in [-0.2, 0) is 11.3 Å². The molecule has 1 aromatic heterocycles. The lowest BCUT2D eigenvalue weighted by atomic mass is 9.91. The van der Waals surface area contributed by atoms with Gasteiger partial charge in [0.1, 0.15) is 0 Å². The molecule has 0 aromatic carbocycles. The Hall–Kier alpha value is -1.36. The summed E-state index contributed by atoms with van der Waals surface area (Å²) in [5.74, 6) is 1.45. The van der Waals surface area contributed by atoms with Crippen molar-refractivity contribution in [3.63, 3.8) is 0 Å². The molecule has 2 rings (SSSR count). The van der Waals surface area contributed by atoms with Crippen molar-refractivity contribution in [1.29, 1.82) is 0 Å². The second-order valence-corrected chi connectivity index (χ2v) is 6.13. The number of carbonyl (C=O) groups excluding carboxylic acids is 1. The van der Waals surface area contributed by atoms with Crippen LogP contribution in [0, 0.1) is 11.8 Å². The van der Waals surface area contributed by atoms with Crippen molar-refractivity contribution in [2.75, 3.05) is 19.6 Å². The van der Waals surface area contributed by atoms with Crippen molar-refractivity contribution in [2.24, 2.45) is 11.8 Å². The summed E-state index contributed by atoms with van der Waals surface area (Å²) in [6.07, 6.45) is 4.93. The highest BCUT2D eigenvalue weighted by molar-refractivity contribution is 5.81. The van der Waals surface area contributed by atoms with E-state index in [2.05, 4.69) is 24.3 Å². The normalized spacial score (nSPS) is 24.6. The van der Waals surface area contributed by atoms with Crippen molar-refractivity contribution >= 4 is 5.91 Å². The summed E-state index contributed by atoms with van der Waals surface area (Å²) in [7, 11) is 0. The summed E-state index contributed by atoms with van der Waals surface area (Å²) in [4.78, 5) is 14.4. The van der Waals surface area contributed by atoms with E-state index in [9.17, 15) is 4.79 Å². The van der Waals surface area contributed by atoms with Gasteiger partial charge >= 0.3 is 0 Å². The second-order valence-electron chi connectivity index (χ2n) is 6.13. The van der Waals surface area contributed by atoms with Gasteiger partial charge in [-0.15, -0.1) is 0 Å². The van der Waals surface area contributed by atoms with E-state index in [1.165, 1.54) is 6.42 Å². The number of rotatable bonds is 5. The number of piperidine rings is 1. The van der Waals surface area contributed by atoms with E-state index >= 15 is 0 Å². The van der Waals surface area contributed by atoms with Crippen LogP contribution in [0.5, 0.6) is 0 Å². The van der Waals surface area contributed by atoms with Crippen molar-refractivity contribution in [1.82, 2.24) is 20.0 Å². The van der Waals surface area contributed by atoms with Gasteiger partial charge in [-0.25, -0.2) is 0 Å². The molecule has 1 fully saturated rings. The number of nitrogens with zero attached hydrogens (tertiary/aromatic N) is 3. The fraction of sp³-hybridized carbons (Fsp3) is 0.733. The highest BCUT2D eigenvalue weighted by Crippen LogP contribution is 2.21. The fourth-order valence-corrected chi connectivity index (χ4v) is 3.03. The van der Waals surface area contributed by atoms with E-state index in [0.29, 0.717) is 11.8 Å². The third-order valence-corrected chi connectivity index (χ3v) is 3.90. The molecule has 0 radical (unpaired) electrons. The molecular weight excluding hydrogens is 252 g/mol. The molecule has 0 aliphatic carbocycles. The number of hydrogen-bond donors (Lipinski definition) is 1. The Labute approximate surface area is 121 Å². The van der Waals surface area contributed by atoms with Crippen LogP contribution in [0.3, 0.4) is 0 Å². The van der Waals surface area contributed by atoms with Crippen LogP contribution < -0.4 is 5.32 Å². The van der Waals surface area contributed by atoms with Crippen LogP contribution >= 0.6 is 0 Å². The lowest BCUT2D eigenvalue weighted by Gasteiger charge is -2.36. The Morgan fingerprint density at radius 2 is 2.10 bits per heavy atom. The molecule has 3 atom stereocenters. The van der Waals surface area contributed by atoms with Gasteiger partial charge in [-0.05, 0) is 31.2 Å². The minimum Gasteiger partial charge on any atom is -0.341 e. The number of likely N-dealkylation sites (tertiary alicyclic amines) is 1. The summed E-state index contributed by atoms with van der Waals surface area (Å²) >= 11 is 0. The Balaban J connectivity index is 1.76. The molecule has 0 bridgehead atoms. The summed E-state index contributed by atoms with van der Waals surface area (Å²) in [5.41, 5.74) is 0. The van der Waals surface area contributed by atoms with Gasteiger partial charge in [0.05, 0.1) is 12.6 Å². The van der Waals surface area contributed by atoms with E-state index in [-0.39, 0.29) is 11.9 Å². The van der Waals surface area contributed by atoms with E-state index in [1.807, 2.05) is 28.8 Å². The van der Waals surface area contributed by atoms with Gasteiger partial charge in [0.2, 0.25) is 5.91 Å². The standard InChI is InChI=1S/C15H26N4O/c1-12-9-13(2)11-18(10-12)15(20)14(3)16-6-8-19-7-4-5-17-19/h4-5,7,12-14,16H,6,8-11H2,1-3H3/t12-,13-,14-/m1/s1. The third-order valence-electron chi connectivity index (χ3n) is 3.90. The minimum atomic E-state index is -0.122. The number of aromatic nitrogens is 2. The first-order valence-corrected chi connectivity index (χ1v) is 7.56. The van der Waals surface area contributed by atoms with Gasteiger partial charge in [-0.3, -0.25) is 9.48 Å². The average Bonchev–Trinajstić information content (AvgIpc) is 2.89. The first kappa shape index (κ1) is 15.0. The highest BCUT2D eigenvalue weighted by atomic mass is 16.2. The summed E-state index contributed by atoms with van der Waals surface area (Å²) in [6.45, 7) is 9.75. The zero-order valence-corrected chi connectivity index (χ0v) is 12.7. The molecule has 1 N–H and O–H groups in total. The quantitative estimate of drug-likeness (QED) is 0.885. The number of amides is 1. The Kier molecular flexibility index (Phi) is 5.17. The lowest BCUT2D eigenvalue weighted by molar-refractivity contribution is -0.135. The zero-order valence-electron chi connectivity index (χ0n) is 12.7. The summed E-state index contributed by atoms with van der Waals surface area (Å²) in [6, 6.07) is 1.79. The molecule has 0 saturated carbocycles. The molecule has 1 amide bonds. The smallest absolute Gasteiger partial charge is 0.239 e. The molecule has 5 heteroatoms. The molecule has 5 nitrogen and oxygen atoms in total. The van der Waals surface area contributed by atoms with E-state index in [4.69, 9.17) is 0 Å². The van der Waals surface area contributed by atoms with Gasteiger partial charge in [0.15, 0.2) is 0 Å². The predicted octanol–water partition coefficient (Wildman–Crippen LogP) is 1.37. The summed E-state index contributed by atoms with van der Waals surface area (Å²) < 4.78 is 1.87. The fourth-order valence-electron chi connectivity index (χ4n) is 3.03. The van der Waals surface area contributed by atoms with Crippen LogP contribution in [-0.4, -0.2) is 46.3 Å². The molecule has 20 heavy (non-hydrogen) atoms. The van der Waals surface area contributed by atoms with Crippen LogP contribution in [0.25, 0.3) is 0 Å². The first-order valence-electron chi connectivity index (χ1n) is 7.56. The molecule has 1 aromatic rings. The van der Waals surface area contributed by atoms with Gasteiger partial charge in [0, 0.05) is 32.0 Å². The maximum Gasteiger partial charge on any atom is 0.239 e. The molecule has 2 heterocycles. The largest absolute Gasteiger partial charge is 0.341 e. The van der Waals surface area contributed by atoms with Crippen molar-refractivity contribution in [3.8, 4) is 0 Å². The Morgan fingerprint density at radius 3 is 2.70 bits per heavy atom. The number of nitrogens with one attached hydrogen (secondary N) is 1. The average molecular weight is 278 g/mol. The topological polar surface area (TPSA) is 50.2 Å². The van der Waals surface area contributed by atoms with Crippen LogP contribution in [0.15, 0.2) is 18.5 Å².